The van der Waals surface area contributed by atoms with Crippen molar-refractivity contribution in [3.8, 4) is 0 Å². The summed E-state index contributed by atoms with van der Waals surface area (Å²) in [4.78, 5) is 6.94. The minimum atomic E-state index is 0.652. The number of aromatic nitrogens is 1. The van der Waals surface area contributed by atoms with Crippen LogP contribution in [0.4, 0.5) is 5.69 Å². The molecule has 1 aliphatic carbocycles. The number of fused-ring (bicyclic) bond motifs is 1. The molecule has 2 nitrogen and oxygen atoms in total. The zero-order chi connectivity index (χ0) is 13.9. The van der Waals surface area contributed by atoms with E-state index in [9.17, 15) is 0 Å². The lowest BCUT2D eigenvalue weighted by molar-refractivity contribution is 0.386. The van der Waals surface area contributed by atoms with E-state index in [1.807, 2.05) is 18.3 Å². The van der Waals surface area contributed by atoms with E-state index in [2.05, 4.69) is 22.0 Å². The molecule has 1 aliphatic rings. The number of nitrogens with zero attached hydrogens (tertiary/aromatic N) is 2. The maximum atomic E-state index is 6.06. The minimum absolute atomic E-state index is 0.652. The first-order chi connectivity index (χ1) is 9.79. The monoisotopic (exact) mass is 308 g/mol. The van der Waals surface area contributed by atoms with Crippen LogP contribution < -0.4 is 4.90 Å². The largest absolute Gasteiger partial charge is 0.368 e. The van der Waals surface area contributed by atoms with E-state index in [0.717, 1.165) is 23.5 Å². The summed E-state index contributed by atoms with van der Waals surface area (Å²) in [5.74, 6) is 0.706. The third-order valence-corrected chi connectivity index (χ3v) is 4.54. The third-order valence-electron chi connectivity index (χ3n) is 4.04. The Bertz CT molecular complexity index is 596. The first kappa shape index (κ1) is 14.0. The number of halogens is 2. The molecule has 0 aliphatic heterocycles. The van der Waals surface area contributed by atoms with Crippen molar-refractivity contribution in [2.45, 2.75) is 31.7 Å². The Balaban J connectivity index is 2.00. The molecular formula is C16H18Cl2N2. The van der Waals surface area contributed by atoms with Crippen LogP contribution in [0.5, 0.6) is 0 Å². The first-order valence-corrected chi connectivity index (χ1v) is 8.08. The fraction of sp³-hybridized carbons (Fsp3) is 0.438. The summed E-state index contributed by atoms with van der Waals surface area (Å²) in [6.45, 7) is 1.01. The van der Waals surface area contributed by atoms with Crippen LogP contribution in [0.25, 0.3) is 10.9 Å². The SMILES string of the molecule is ClCCCN(c1ccnc2cc(Cl)ccc12)C1CCC1. The second kappa shape index (κ2) is 6.19. The normalized spacial score (nSPS) is 15.3. The highest BCUT2D eigenvalue weighted by Crippen LogP contribution is 2.34. The lowest BCUT2D eigenvalue weighted by Gasteiger charge is -2.39. The summed E-state index contributed by atoms with van der Waals surface area (Å²) < 4.78 is 0. The molecule has 1 saturated carbocycles. The van der Waals surface area contributed by atoms with Gasteiger partial charge in [-0.3, -0.25) is 4.98 Å². The standard InChI is InChI=1S/C16H18Cl2N2/c17-8-2-10-20(13-3-1-4-13)16-7-9-19-15-11-12(18)5-6-14(15)16/h5-7,9,11,13H,1-4,8,10H2. The van der Waals surface area contributed by atoms with Crippen molar-refractivity contribution >= 4 is 39.8 Å². The minimum Gasteiger partial charge on any atom is -0.368 e. The van der Waals surface area contributed by atoms with E-state index < -0.39 is 0 Å². The van der Waals surface area contributed by atoms with Gasteiger partial charge in [0.2, 0.25) is 0 Å². The van der Waals surface area contributed by atoms with E-state index in [1.54, 1.807) is 0 Å². The van der Waals surface area contributed by atoms with Crippen molar-refractivity contribution in [1.29, 1.82) is 0 Å². The van der Waals surface area contributed by atoms with Crippen molar-refractivity contribution < 1.29 is 0 Å². The maximum absolute atomic E-state index is 6.06. The maximum Gasteiger partial charge on any atom is 0.0737 e. The Morgan fingerprint density at radius 3 is 2.80 bits per heavy atom. The Kier molecular flexibility index (Phi) is 4.32. The van der Waals surface area contributed by atoms with Crippen molar-refractivity contribution in [3.63, 3.8) is 0 Å². The van der Waals surface area contributed by atoms with Crippen molar-refractivity contribution in [2.75, 3.05) is 17.3 Å². The smallest absolute Gasteiger partial charge is 0.0737 e. The van der Waals surface area contributed by atoms with Crippen LogP contribution in [0.3, 0.4) is 0 Å². The predicted molar refractivity (Wildman–Crippen MR) is 87.1 cm³/mol. The Labute approximate surface area is 129 Å². The Morgan fingerprint density at radius 2 is 2.10 bits per heavy atom. The molecule has 2 aromatic rings. The van der Waals surface area contributed by atoms with Crippen LogP contribution in [0.15, 0.2) is 30.5 Å². The molecule has 4 heteroatoms. The van der Waals surface area contributed by atoms with Gasteiger partial charge in [0.25, 0.3) is 0 Å². The summed E-state index contributed by atoms with van der Waals surface area (Å²) in [7, 11) is 0. The van der Waals surface area contributed by atoms with Gasteiger partial charge in [-0.25, -0.2) is 0 Å². The van der Waals surface area contributed by atoms with E-state index in [4.69, 9.17) is 23.2 Å². The van der Waals surface area contributed by atoms with Gasteiger partial charge in [0.05, 0.1) is 5.52 Å². The topological polar surface area (TPSA) is 16.1 Å². The van der Waals surface area contributed by atoms with Gasteiger partial charge < -0.3 is 4.90 Å². The third kappa shape index (κ3) is 2.72. The van der Waals surface area contributed by atoms with Crippen LogP contribution in [0.2, 0.25) is 5.02 Å². The summed E-state index contributed by atoms with van der Waals surface area (Å²) in [5, 5.41) is 1.91. The molecule has 0 N–H and O–H groups in total. The van der Waals surface area contributed by atoms with E-state index in [1.165, 1.54) is 30.3 Å². The molecule has 0 radical (unpaired) electrons. The first-order valence-electron chi connectivity index (χ1n) is 7.16. The van der Waals surface area contributed by atoms with Crippen molar-refractivity contribution in [3.05, 3.63) is 35.5 Å². The molecule has 0 atom stereocenters. The Morgan fingerprint density at radius 1 is 1.25 bits per heavy atom. The number of alkyl halides is 1. The van der Waals surface area contributed by atoms with Gasteiger partial charge in [0.15, 0.2) is 0 Å². The Hall–Kier alpha value is -0.990. The van der Waals surface area contributed by atoms with Gasteiger partial charge in [-0.15, -0.1) is 11.6 Å². The van der Waals surface area contributed by atoms with Crippen LogP contribution in [-0.2, 0) is 0 Å². The summed E-state index contributed by atoms with van der Waals surface area (Å²) in [6, 6.07) is 8.71. The zero-order valence-electron chi connectivity index (χ0n) is 11.4. The lowest BCUT2D eigenvalue weighted by Crippen LogP contribution is -2.41. The zero-order valence-corrected chi connectivity index (χ0v) is 12.9. The molecule has 106 valence electrons. The second-order valence-corrected chi connectivity index (χ2v) is 6.13. The summed E-state index contributed by atoms with van der Waals surface area (Å²) in [6.07, 6.45) is 6.77. The average Bonchev–Trinajstić information content (AvgIpc) is 2.40. The molecule has 0 amide bonds. The highest BCUT2D eigenvalue weighted by atomic mass is 35.5. The molecule has 20 heavy (non-hydrogen) atoms. The molecule has 0 bridgehead atoms. The van der Waals surface area contributed by atoms with Crippen LogP contribution in [0, 0.1) is 0 Å². The van der Waals surface area contributed by atoms with E-state index in [0.29, 0.717) is 11.9 Å². The van der Waals surface area contributed by atoms with E-state index in [-0.39, 0.29) is 0 Å². The number of anilines is 1. The highest BCUT2D eigenvalue weighted by molar-refractivity contribution is 6.31. The summed E-state index contributed by atoms with van der Waals surface area (Å²) in [5.41, 5.74) is 2.23. The molecule has 1 fully saturated rings. The number of hydrogen-bond donors (Lipinski definition) is 0. The summed E-state index contributed by atoms with van der Waals surface area (Å²) >= 11 is 11.9. The number of hydrogen-bond acceptors (Lipinski definition) is 2. The average molecular weight is 309 g/mol. The molecule has 0 spiro atoms. The number of benzene rings is 1. The fourth-order valence-corrected chi connectivity index (χ4v) is 3.07. The van der Waals surface area contributed by atoms with Crippen LogP contribution in [0.1, 0.15) is 25.7 Å². The van der Waals surface area contributed by atoms with Gasteiger partial charge in [0.1, 0.15) is 0 Å². The molecule has 0 saturated heterocycles. The molecule has 1 aromatic heterocycles. The quantitative estimate of drug-likeness (QED) is 0.732. The number of pyridine rings is 1. The molecule has 1 aromatic carbocycles. The molecule has 0 unspecified atom stereocenters. The fourth-order valence-electron chi connectivity index (χ4n) is 2.78. The van der Waals surface area contributed by atoms with E-state index >= 15 is 0 Å². The second-order valence-electron chi connectivity index (χ2n) is 5.31. The van der Waals surface area contributed by atoms with Gasteiger partial charge in [-0.1, -0.05) is 11.6 Å². The van der Waals surface area contributed by atoms with Crippen molar-refractivity contribution in [1.82, 2.24) is 4.98 Å². The van der Waals surface area contributed by atoms with Crippen molar-refractivity contribution in [2.24, 2.45) is 0 Å². The predicted octanol–water partition coefficient (Wildman–Crippen LogP) is 4.88. The molecule has 1 heterocycles. The van der Waals surface area contributed by atoms with Gasteiger partial charge in [-0.2, -0.15) is 0 Å². The molecular weight excluding hydrogens is 291 g/mol. The highest BCUT2D eigenvalue weighted by Gasteiger charge is 2.25. The number of rotatable bonds is 5. The van der Waals surface area contributed by atoms with Crippen LogP contribution >= 0.6 is 23.2 Å². The molecule has 3 rings (SSSR count). The van der Waals surface area contributed by atoms with Gasteiger partial charge in [0, 0.05) is 40.8 Å². The van der Waals surface area contributed by atoms with Gasteiger partial charge >= 0.3 is 0 Å². The van der Waals surface area contributed by atoms with Crippen LogP contribution in [-0.4, -0.2) is 23.5 Å². The lowest BCUT2D eigenvalue weighted by atomic mass is 9.90. The van der Waals surface area contributed by atoms with Gasteiger partial charge in [-0.05, 0) is 49.9 Å².